The molecule has 0 amide bonds. The molecule has 1 aromatic carbocycles. The van der Waals surface area contributed by atoms with Gasteiger partial charge >= 0.3 is 0 Å². The van der Waals surface area contributed by atoms with E-state index in [2.05, 4.69) is 37.5 Å². The Bertz CT molecular complexity index is 569. The van der Waals surface area contributed by atoms with Gasteiger partial charge in [-0.2, -0.15) is 0 Å². The summed E-state index contributed by atoms with van der Waals surface area (Å²) in [4.78, 5) is 4.51. The molecule has 0 bridgehead atoms. The summed E-state index contributed by atoms with van der Waals surface area (Å²) >= 11 is 0. The van der Waals surface area contributed by atoms with Crippen molar-refractivity contribution < 1.29 is 0 Å². The van der Waals surface area contributed by atoms with Gasteiger partial charge in [-0.1, -0.05) is 39.3 Å². The largest absolute Gasteiger partial charge is 0.256 e. The second-order valence-corrected chi connectivity index (χ2v) is 5.05. The Morgan fingerprint density at radius 2 is 2.00 bits per heavy atom. The number of rotatable bonds is 6. The predicted octanol–water partition coefficient (Wildman–Crippen LogP) is 5.17. The number of unbranched alkanes of at least 4 members (excludes halogenated alkanes) is 2. The van der Waals surface area contributed by atoms with Gasteiger partial charge in [-0.05, 0) is 54.2 Å². The summed E-state index contributed by atoms with van der Waals surface area (Å²) < 4.78 is 0. The molecule has 0 fully saturated rings. The molecule has 0 saturated carbocycles. The molecule has 19 heavy (non-hydrogen) atoms. The molecule has 0 N–H and O–H groups in total. The minimum absolute atomic E-state index is 1.09. The Labute approximate surface area is 116 Å². The van der Waals surface area contributed by atoms with Gasteiger partial charge in [-0.3, -0.25) is 4.98 Å². The van der Waals surface area contributed by atoms with Crippen molar-refractivity contribution in [3.8, 4) is 0 Å². The van der Waals surface area contributed by atoms with Crippen LogP contribution in [0.25, 0.3) is 17.0 Å². The van der Waals surface area contributed by atoms with Gasteiger partial charge in [-0.25, -0.2) is 0 Å². The summed E-state index contributed by atoms with van der Waals surface area (Å²) in [6, 6.07) is 6.61. The third-order valence-corrected chi connectivity index (χ3v) is 3.75. The monoisotopic (exact) mass is 253 g/mol. The van der Waals surface area contributed by atoms with Gasteiger partial charge in [0.05, 0.1) is 5.52 Å². The Morgan fingerprint density at radius 1 is 1.16 bits per heavy atom. The SMILES string of the molecule is C=Cc1ccnc2cc(CCCCC)c(CC)cc12. The Hall–Kier alpha value is -1.63. The predicted molar refractivity (Wildman–Crippen MR) is 84.4 cm³/mol. The molecular formula is C18H23N. The number of nitrogens with zero attached hydrogens (tertiary/aromatic N) is 1. The molecule has 1 nitrogen and oxygen atoms in total. The molecule has 1 heterocycles. The van der Waals surface area contributed by atoms with Crippen LogP contribution in [0.4, 0.5) is 0 Å². The number of fused-ring (bicyclic) bond motifs is 1. The smallest absolute Gasteiger partial charge is 0.0710 e. The van der Waals surface area contributed by atoms with E-state index in [0.29, 0.717) is 0 Å². The number of benzene rings is 1. The van der Waals surface area contributed by atoms with Gasteiger partial charge in [0.15, 0.2) is 0 Å². The topological polar surface area (TPSA) is 12.9 Å². The Morgan fingerprint density at radius 3 is 2.68 bits per heavy atom. The van der Waals surface area contributed by atoms with Crippen molar-refractivity contribution in [2.24, 2.45) is 0 Å². The molecule has 2 aromatic rings. The first-order chi connectivity index (χ1) is 9.30. The van der Waals surface area contributed by atoms with Crippen LogP contribution in [0.5, 0.6) is 0 Å². The molecule has 1 aromatic heterocycles. The van der Waals surface area contributed by atoms with Crippen LogP contribution in [-0.2, 0) is 12.8 Å². The van der Waals surface area contributed by atoms with Gasteiger partial charge in [0.2, 0.25) is 0 Å². The highest BCUT2D eigenvalue weighted by atomic mass is 14.6. The molecular weight excluding hydrogens is 230 g/mol. The van der Waals surface area contributed by atoms with Crippen molar-refractivity contribution in [3.63, 3.8) is 0 Å². The van der Waals surface area contributed by atoms with Gasteiger partial charge in [0.25, 0.3) is 0 Å². The second kappa shape index (κ2) is 6.51. The van der Waals surface area contributed by atoms with Crippen molar-refractivity contribution in [2.45, 2.75) is 46.0 Å². The third kappa shape index (κ3) is 3.04. The van der Waals surface area contributed by atoms with Gasteiger partial charge in [0.1, 0.15) is 0 Å². The normalized spacial score (nSPS) is 10.8. The zero-order chi connectivity index (χ0) is 13.7. The van der Waals surface area contributed by atoms with Crippen LogP contribution >= 0.6 is 0 Å². The molecule has 0 atom stereocenters. The minimum atomic E-state index is 1.09. The van der Waals surface area contributed by atoms with Crippen molar-refractivity contribution in [1.29, 1.82) is 0 Å². The van der Waals surface area contributed by atoms with E-state index in [1.807, 2.05) is 18.3 Å². The molecule has 0 aliphatic rings. The van der Waals surface area contributed by atoms with Crippen LogP contribution < -0.4 is 0 Å². The van der Waals surface area contributed by atoms with Gasteiger partial charge in [0, 0.05) is 11.6 Å². The number of hydrogen-bond acceptors (Lipinski definition) is 1. The highest BCUT2D eigenvalue weighted by Gasteiger charge is 2.06. The van der Waals surface area contributed by atoms with Crippen LogP contribution in [-0.4, -0.2) is 4.98 Å². The average molecular weight is 253 g/mol. The highest BCUT2D eigenvalue weighted by Crippen LogP contribution is 2.24. The van der Waals surface area contributed by atoms with Crippen LogP contribution in [0.1, 0.15) is 49.8 Å². The lowest BCUT2D eigenvalue weighted by Crippen LogP contribution is -1.96. The fraction of sp³-hybridized carbons (Fsp3) is 0.389. The number of aromatic nitrogens is 1. The van der Waals surface area contributed by atoms with Crippen LogP contribution in [0.2, 0.25) is 0 Å². The van der Waals surface area contributed by atoms with Crippen LogP contribution in [0, 0.1) is 0 Å². The molecule has 0 saturated heterocycles. The molecule has 1 heteroatoms. The Kier molecular flexibility index (Phi) is 4.73. The lowest BCUT2D eigenvalue weighted by Gasteiger charge is -2.11. The van der Waals surface area contributed by atoms with Crippen molar-refractivity contribution in [2.75, 3.05) is 0 Å². The summed E-state index contributed by atoms with van der Waals surface area (Å²) in [6.07, 6.45) is 9.90. The summed E-state index contributed by atoms with van der Waals surface area (Å²) in [7, 11) is 0. The summed E-state index contributed by atoms with van der Waals surface area (Å²) in [5, 5.41) is 1.23. The summed E-state index contributed by atoms with van der Waals surface area (Å²) in [5.74, 6) is 0. The first kappa shape index (κ1) is 13.8. The molecule has 0 unspecified atom stereocenters. The molecule has 2 rings (SSSR count). The fourth-order valence-electron chi connectivity index (χ4n) is 2.61. The highest BCUT2D eigenvalue weighted by molar-refractivity contribution is 5.88. The lowest BCUT2D eigenvalue weighted by molar-refractivity contribution is 0.714. The number of pyridine rings is 1. The quantitative estimate of drug-likeness (QED) is 0.647. The number of aryl methyl sites for hydroxylation is 2. The maximum absolute atomic E-state index is 4.51. The van der Waals surface area contributed by atoms with Crippen molar-refractivity contribution in [3.05, 3.63) is 47.7 Å². The van der Waals surface area contributed by atoms with Gasteiger partial charge < -0.3 is 0 Å². The van der Waals surface area contributed by atoms with Crippen molar-refractivity contribution in [1.82, 2.24) is 4.98 Å². The van der Waals surface area contributed by atoms with E-state index in [0.717, 1.165) is 11.9 Å². The summed E-state index contributed by atoms with van der Waals surface area (Å²) in [6.45, 7) is 8.37. The maximum Gasteiger partial charge on any atom is 0.0710 e. The van der Waals surface area contributed by atoms with E-state index >= 15 is 0 Å². The van der Waals surface area contributed by atoms with E-state index in [9.17, 15) is 0 Å². The molecule has 0 aliphatic carbocycles. The van der Waals surface area contributed by atoms with Crippen LogP contribution in [0.15, 0.2) is 31.0 Å². The van der Waals surface area contributed by atoms with E-state index in [4.69, 9.17) is 0 Å². The van der Waals surface area contributed by atoms with E-state index in [1.165, 1.54) is 47.8 Å². The lowest BCUT2D eigenvalue weighted by atomic mass is 9.96. The number of hydrogen-bond donors (Lipinski definition) is 0. The first-order valence-electron chi connectivity index (χ1n) is 7.33. The summed E-state index contributed by atoms with van der Waals surface area (Å²) in [5.41, 5.74) is 5.21. The fourth-order valence-corrected chi connectivity index (χ4v) is 2.61. The van der Waals surface area contributed by atoms with E-state index < -0.39 is 0 Å². The van der Waals surface area contributed by atoms with Gasteiger partial charge in [-0.15, -0.1) is 0 Å². The second-order valence-electron chi connectivity index (χ2n) is 5.05. The average Bonchev–Trinajstić information content (AvgIpc) is 2.46. The van der Waals surface area contributed by atoms with Crippen molar-refractivity contribution >= 4 is 17.0 Å². The Balaban J connectivity index is 2.44. The molecule has 100 valence electrons. The third-order valence-electron chi connectivity index (χ3n) is 3.75. The first-order valence-corrected chi connectivity index (χ1v) is 7.33. The van der Waals surface area contributed by atoms with E-state index in [-0.39, 0.29) is 0 Å². The van der Waals surface area contributed by atoms with Crippen LogP contribution in [0.3, 0.4) is 0 Å². The van der Waals surface area contributed by atoms with E-state index in [1.54, 1.807) is 0 Å². The molecule has 0 spiro atoms. The maximum atomic E-state index is 4.51. The minimum Gasteiger partial charge on any atom is -0.256 e. The standard InChI is InChI=1S/C18H23N/c1-4-7-8-9-16-13-18-17(12-15(16)6-3)14(5-2)10-11-19-18/h5,10-13H,2,4,6-9H2,1,3H3. The molecule has 0 radical (unpaired) electrons. The molecule has 0 aliphatic heterocycles. The zero-order valence-electron chi connectivity index (χ0n) is 12.1. The zero-order valence-corrected chi connectivity index (χ0v) is 12.1.